The van der Waals surface area contributed by atoms with Gasteiger partial charge in [0.15, 0.2) is 0 Å². The van der Waals surface area contributed by atoms with Gasteiger partial charge < -0.3 is 5.32 Å². The molecular weight excluding hydrogens is 188 g/mol. The van der Waals surface area contributed by atoms with Crippen LogP contribution in [0.2, 0.25) is 0 Å². The molecule has 0 saturated heterocycles. The van der Waals surface area contributed by atoms with Crippen LogP contribution in [0, 0.1) is 5.92 Å². The number of hydrogen-bond acceptors (Lipinski definition) is 3. The zero-order chi connectivity index (χ0) is 10.5. The molecule has 1 saturated carbocycles. The van der Waals surface area contributed by atoms with Crippen LogP contribution in [-0.2, 0) is 13.1 Å². The molecule has 84 valence electrons. The lowest BCUT2D eigenvalue weighted by molar-refractivity contribution is 0.291. The highest BCUT2D eigenvalue weighted by atomic mass is 15.3. The Morgan fingerprint density at radius 2 is 2.40 bits per heavy atom. The highest BCUT2D eigenvalue weighted by molar-refractivity contribution is 4.83. The molecule has 1 aromatic heterocycles. The molecule has 4 heteroatoms. The highest BCUT2D eigenvalue weighted by Gasteiger charge is 2.16. The van der Waals surface area contributed by atoms with Crippen molar-refractivity contribution in [1.29, 1.82) is 0 Å². The molecule has 0 radical (unpaired) electrons. The van der Waals surface area contributed by atoms with Crippen molar-refractivity contribution in [3.8, 4) is 0 Å². The Balaban J connectivity index is 1.64. The third-order valence-electron chi connectivity index (χ3n) is 3.23. The zero-order valence-corrected chi connectivity index (χ0v) is 9.45. The molecule has 0 aliphatic heterocycles. The van der Waals surface area contributed by atoms with Gasteiger partial charge in [0.05, 0.1) is 6.54 Å². The van der Waals surface area contributed by atoms with E-state index in [2.05, 4.69) is 22.3 Å². The highest BCUT2D eigenvalue weighted by Crippen LogP contribution is 2.28. The summed E-state index contributed by atoms with van der Waals surface area (Å²) in [6.45, 7) is 4.95. The van der Waals surface area contributed by atoms with Crippen LogP contribution in [0.15, 0.2) is 6.33 Å². The summed E-state index contributed by atoms with van der Waals surface area (Å²) in [5, 5.41) is 7.58. The first kappa shape index (κ1) is 10.6. The van der Waals surface area contributed by atoms with E-state index in [-0.39, 0.29) is 0 Å². The van der Waals surface area contributed by atoms with Crippen molar-refractivity contribution in [3.63, 3.8) is 0 Å². The van der Waals surface area contributed by atoms with Crippen LogP contribution in [0.25, 0.3) is 0 Å². The number of nitrogens with one attached hydrogen (secondary N) is 1. The summed E-state index contributed by atoms with van der Waals surface area (Å²) in [7, 11) is 0. The van der Waals surface area contributed by atoms with Gasteiger partial charge in [-0.25, -0.2) is 9.67 Å². The van der Waals surface area contributed by atoms with Gasteiger partial charge in [-0.2, -0.15) is 5.10 Å². The topological polar surface area (TPSA) is 42.7 Å². The molecule has 1 N–H and O–H groups in total. The van der Waals surface area contributed by atoms with E-state index in [1.165, 1.54) is 25.7 Å². The summed E-state index contributed by atoms with van der Waals surface area (Å²) in [5.74, 6) is 2.03. The van der Waals surface area contributed by atoms with Crippen LogP contribution in [0.4, 0.5) is 0 Å². The molecule has 15 heavy (non-hydrogen) atoms. The van der Waals surface area contributed by atoms with E-state index < -0.39 is 0 Å². The Bertz CT molecular complexity index is 291. The van der Waals surface area contributed by atoms with E-state index in [9.17, 15) is 0 Å². The van der Waals surface area contributed by atoms with E-state index in [4.69, 9.17) is 0 Å². The second-order valence-electron chi connectivity index (χ2n) is 4.25. The first-order valence-electron chi connectivity index (χ1n) is 5.97. The fourth-order valence-corrected chi connectivity index (χ4v) is 1.98. The first-order chi connectivity index (χ1) is 7.40. The molecule has 1 aliphatic carbocycles. The summed E-state index contributed by atoms with van der Waals surface area (Å²) in [4.78, 5) is 4.23. The fraction of sp³-hybridized carbons (Fsp3) is 0.818. The van der Waals surface area contributed by atoms with Crippen LogP contribution < -0.4 is 5.32 Å². The molecule has 1 aromatic rings. The Morgan fingerprint density at radius 1 is 1.53 bits per heavy atom. The fourth-order valence-electron chi connectivity index (χ4n) is 1.98. The summed E-state index contributed by atoms with van der Waals surface area (Å²) in [6.07, 6.45) is 7.27. The SMILES string of the molecule is CCn1ncnc1CNCCC1CCC1. The Labute approximate surface area is 91.1 Å². The molecule has 1 fully saturated rings. The smallest absolute Gasteiger partial charge is 0.140 e. The van der Waals surface area contributed by atoms with E-state index in [0.717, 1.165) is 31.4 Å². The number of aryl methyl sites for hydroxylation is 1. The Morgan fingerprint density at radius 3 is 3.07 bits per heavy atom. The number of rotatable bonds is 6. The molecule has 0 bridgehead atoms. The van der Waals surface area contributed by atoms with E-state index in [0.29, 0.717) is 0 Å². The quantitative estimate of drug-likeness (QED) is 0.722. The second kappa shape index (κ2) is 5.26. The van der Waals surface area contributed by atoms with E-state index in [1.807, 2.05) is 4.68 Å². The zero-order valence-electron chi connectivity index (χ0n) is 9.45. The minimum absolute atomic E-state index is 0.848. The third-order valence-corrected chi connectivity index (χ3v) is 3.23. The Hall–Kier alpha value is -0.900. The second-order valence-corrected chi connectivity index (χ2v) is 4.25. The van der Waals surface area contributed by atoms with Crippen molar-refractivity contribution in [3.05, 3.63) is 12.2 Å². The molecule has 0 atom stereocenters. The average Bonchev–Trinajstić information content (AvgIpc) is 2.62. The van der Waals surface area contributed by atoms with Crippen LogP contribution >= 0.6 is 0 Å². The number of hydrogen-bond donors (Lipinski definition) is 1. The van der Waals surface area contributed by atoms with Gasteiger partial charge >= 0.3 is 0 Å². The lowest BCUT2D eigenvalue weighted by Gasteiger charge is -2.25. The third kappa shape index (κ3) is 2.78. The maximum Gasteiger partial charge on any atom is 0.140 e. The summed E-state index contributed by atoms with van der Waals surface area (Å²) in [5.41, 5.74) is 0. The monoisotopic (exact) mass is 208 g/mol. The van der Waals surface area contributed by atoms with Crippen molar-refractivity contribution in [2.45, 2.75) is 45.7 Å². The van der Waals surface area contributed by atoms with Gasteiger partial charge in [0.2, 0.25) is 0 Å². The van der Waals surface area contributed by atoms with Crippen LogP contribution in [0.5, 0.6) is 0 Å². The van der Waals surface area contributed by atoms with E-state index in [1.54, 1.807) is 6.33 Å². The summed E-state index contributed by atoms with van der Waals surface area (Å²) < 4.78 is 1.94. The van der Waals surface area contributed by atoms with Gasteiger partial charge in [-0.05, 0) is 25.8 Å². The maximum atomic E-state index is 4.23. The predicted octanol–water partition coefficient (Wildman–Crippen LogP) is 1.58. The van der Waals surface area contributed by atoms with Crippen LogP contribution in [-0.4, -0.2) is 21.3 Å². The van der Waals surface area contributed by atoms with Crippen molar-refractivity contribution in [2.24, 2.45) is 5.92 Å². The van der Waals surface area contributed by atoms with Gasteiger partial charge in [0.1, 0.15) is 12.2 Å². The molecule has 0 aromatic carbocycles. The molecule has 0 amide bonds. The minimum atomic E-state index is 0.848. The molecule has 0 unspecified atom stereocenters. The lowest BCUT2D eigenvalue weighted by atomic mass is 9.83. The minimum Gasteiger partial charge on any atom is -0.310 e. The summed E-state index contributed by atoms with van der Waals surface area (Å²) >= 11 is 0. The maximum absolute atomic E-state index is 4.23. The average molecular weight is 208 g/mol. The normalized spacial score (nSPS) is 16.6. The molecule has 0 spiro atoms. The van der Waals surface area contributed by atoms with Crippen molar-refractivity contribution in [1.82, 2.24) is 20.1 Å². The largest absolute Gasteiger partial charge is 0.310 e. The first-order valence-corrected chi connectivity index (χ1v) is 5.97. The molecular formula is C11H20N4. The molecule has 1 aliphatic rings. The van der Waals surface area contributed by atoms with Crippen molar-refractivity contribution >= 4 is 0 Å². The molecule has 4 nitrogen and oxygen atoms in total. The predicted molar refractivity (Wildman–Crippen MR) is 59.4 cm³/mol. The standard InChI is InChI=1S/C11H20N4/c1-2-15-11(13-9-14-15)8-12-7-6-10-4-3-5-10/h9-10,12H,2-8H2,1H3. The molecule has 2 rings (SSSR count). The lowest BCUT2D eigenvalue weighted by Crippen LogP contribution is -2.22. The van der Waals surface area contributed by atoms with Crippen molar-refractivity contribution < 1.29 is 0 Å². The van der Waals surface area contributed by atoms with Gasteiger partial charge in [0.25, 0.3) is 0 Å². The van der Waals surface area contributed by atoms with Gasteiger partial charge in [0, 0.05) is 6.54 Å². The van der Waals surface area contributed by atoms with Crippen molar-refractivity contribution in [2.75, 3.05) is 6.54 Å². The van der Waals surface area contributed by atoms with Crippen LogP contribution in [0.1, 0.15) is 38.4 Å². The number of aromatic nitrogens is 3. The summed E-state index contributed by atoms with van der Waals surface area (Å²) in [6, 6.07) is 0. The van der Waals surface area contributed by atoms with Gasteiger partial charge in [-0.3, -0.25) is 0 Å². The number of nitrogens with zero attached hydrogens (tertiary/aromatic N) is 3. The van der Waals surface area contributed by atoms with Crippen LogP contribution in [0.3, 0.4) is 0 Å². The van der Waals surface area contributed by atoms with Gasteiger partial charge in [-0.1, -0.05) is 19.3 Å². The molecule has 1 heterocycles. The Kier molecular flexibility index (Phi) is 3.72. The van der Waals surface area contributed by atoms with Gasteiger partial charge in [-0.15, -0.1) is 0 Å². The van der Waals surface area contributed by atoms with E-state index >= 15 is 0 Å².